The summed E-state index contributed by atoms with van der Waals surface area (Å²) >= 11 is 0. The highest BCUT2D eigenvalue weighted by molar-refractivity contribution is 4.46. The molecule has 0 aliphatic carbocycles. The summed E-state index contributed by atoms with van der Waals surface area (Å²) in [6, 6.07) is 0. The molecular weight excluding hydrogens is 104 g/mol. The van der Waals surface area contributed by atoms with Gasteiger partial charge in [0.15, 0.2) is 0 Å². The van der Waals surface area contributed by atoms with Crippen molar-refractivity contribution in [2.45, 2.75) is 25.9 Å². The molecule has 50 valence electrons. The summed E-state index contributed by atoms with van der Waals surface area (Å²) in [5, 5.41) is 8.36. The summed E-state index contributed by atoms with van der Waals surface area (Å²) in [6.07, 6.45) is 2.09. The van der Waals surface area contributed by atoms with E-state index in [1.807, 2.05) is 6.92 Å². The predicted octanol–water partition coefficient (Wildman–Crippen LogP) is 0.794. The van der Waals surface area contributed by atoms with E-state index in [4.69, 9.17) is 9.84 Å². The Labute approximate surface area is 50.5 Å². The van der Waals surface area contributed by atoms with E-state index in [0.29, 0.717) is 6.10 Å². The summed E-state index contributed by atoms with van der Waals surface area (Å²) in [5.41, 5.74) is 0. The van der Waals surface area contributed by atoms with E-state index in [2.05, 4.69) is 0 Å². The normalized spacial score (nSPS) is 13.9. The maximum absolute atomic E-state index is 8.36. The van der Waals surface area contributed by atoms with Crippen LogP contribution in [0.15, 0.2) is 0 Å². The second kappa shape index (κ2) is 5.06. The van der Waals surface area contributed by atoms with Crippen LogP contribution in [0, 0.1) is 0 Å². The Hall–Kier alpha value is -0.0800. The minimum atomic E-state index is 0.272. The first kappa shape index (κ1) is 7.92. The first-order chi connectivity index (χ1) is 3.81. The number of aliphatic hydroxyl groups excluding tert-OH is 1. The molecule has 0 aliphatic rings. The van der Waals surface area contributed by atoms with E-state index >= 15 is 0 Å². The second-order valence-corrected chi connectivity index (χ2v) is 1.91. The molecule has 2 heteroatoms. The summed E-state index contributed by atoms with van der Waals surface area (Å²) < 4.78 is 4.94. The van der Waals surface area contributed by atoms with Crippen LogP contribution in [-0.2, 0) is 4.74 Å². The van der Waals surface area contributed by atoms with E-state index in [9.17, 15) is 0 Å². The van der Waals surface area contributed by atoms with Gasteiger partial charge in [0.2, 0.25) is 0 Å². The lowest BCUT2D eigenvalue weighted by molar-refractivity contribution is 0.103. The molecule has 8 heavy (non-hydrogen) atoms. The van der Waals surface area contributed by atoms with Gasteiger partial charge in [-0.15, -0.1) is 0 Å². The molecule has 0 aromatic carbocycles. The summed E-state index contributed by atoms with van der Waals surface area (Å²) in [7, 11) is 1.68. The minimum absolute atomic E-state index is 0.272. The Kier molecular flexibility index (Phi) is 5.01. The van der Waals surface area contributed by atoms with Gasteiger partial charge in [0.1, 0.15) is 0 Å². The van der Waals surface area contributed by atoms with Crippen LogP contribution in [0.5, 0.6) is 0 Å². The Morgan fingerprint density at radius 2 is 2.25 bits per heavy atom. The maximum atomic E-state index is 8.36. The van der Waals surface area contributed by atoms with Gasteiger partial charge in [-0.05, 0) is 19.8 Å². The molecule has 0 aromatic rings. The van der Waals surface area contributed by atoms with Gasteiger partial charge in [-0.2, -0.15) is 0 Å². The van der Waals surface area contributed by atoms with Gasteiger partial charge in [-0.25, -0.2) is 0 Å². The molecule has 1 atom stereocenters. The third-order valence-corrected chi connectivity index (χ3v) is 1.17. The molecule has 0 radical (unpaired) electrons. The van der Waals surface area contributed by atoms with E-state index < -0.39 is 0 Å². The first-order valence-corrected chi connectivity index (χ1v) is 2.95. The molecule has 0 unspecified atom stereocenters. The Morgan fingerprint density at radius 1 is 1.62 bits per heavy atom. The Morgan fingerprint density at radius 3 is 2.62 bits per heavy atom. The fourth-order valence-electron chi connectivity index (χ4n) is 0.497. The van der Waals surface area contributed by atoms with Crippen LogP contribution in [0.25, 0.3) is 0 Å². The molecule has 0 saturated heterocycles. The highest BCUT2D eigenvalue weighted by atomic mass is 16.5. The van der Waals surface area contributed by atoms with Crippen LogP contribution in [0.2, 0.25) is 0 Å². The van der Waals surface area contributed by atoms with Crippen molar-refractivity contribution in [3.8, 4) is 0 Å². The molecule has 1 N–H and O–H groups in total. The third kappa shape index (κ3) is 4.09. The van der Waals surface area contributed by atoms with Gasteiger partial charge in [0.05, 0.1) is 6.10 Å². The summed E-state index contributed by atoms with van der Waals surface area (Å²) in [4.78, 5) is 0. The average Bonchev–Trinajstić information content (AvgIpc) is 1.83. The average molecular weight is 118 g/mol. The zero-order valence-electron chi connectivity index (χ0n) is 5.55. The smallest absolute Gasteiger partial charge is 0.0544 e. The van der Waals surface area contributed by atoms with E-state index in [0.717, 1.165) is 12.8 Å². The number of rotatable bonds is 4. The molecule has 0 saturated carbocycles. The van der Waals surface area contributed by atoms with Crippen LogP contribution in [0.3, 0.4) is 0 Å². The van der Waals surface area contributed by atoms with Crippen molar-refractivity contribution in [1.82, 2.24) is 0 Å². The second-order valence-electron chi connectivity index (χ2n) is 1.91. The fourth-order valence-corrected chi connectivity index (χ4v) is 0.497. The molecule has 0 amide bonds. The molecule has 2 nitrogen and oxygen atoms in total. The lowest BCUT2D eigenvalue weighted by atomic mass is 10.2. The zero-order valence-corrected chi connectivity index (χ0v) is 5.55. The third-order valence-electron chi connectivity index (χ3n) is 1.17. The highest BCUT2D eigenvalue weighted by Gasteiger charge is 1.95. The summed E-state index contributed by atoms with van der Waals surface area (Å²) in [6.45, 7) is 2.27. The van der Waals surface area contributed by atoms with Crippen molar-refractivity contribution >= 4 is 0 Å². The summed E-state index contributed by atoms with van der Waals surface area (Å²) in [5.74, 6) is 0. The number of hydrogen-bond donors (Lipinski definition) is 1. The molecular formula is C6H14O2. The SMILES string of the molecule is CO[C@H](C)CCCO. The van der Waals surface area contributed by atoms with Gasteiger partial charge < -0.3 is 9.84 Å². The Bertz CT molecular complexity index is 45.8. The topological polar surface area (TPSA) is 29.5 Å². The zero-order chi connectivity index (χ0) is 6.41. The quantitative estimate of drug-likeness (QED) is 0.591. The number of methoxy groups -OCH3 is 1. The number of aliphatic hydroxyl groups is 1. The van der Waals surface area contributed by atoms with Crippen molar-refractivity contribution in [2.75, 3.05) is 13.7 Å². The van der Waals surface area contributed by atoms with Gasteiger partial charge in [-0.3, -0.25) is 0 Å². The van der Waals surface area contributed by atoms with Crippen molar-refractivity contribution in [3.63, 3.8) is 0 Å². The van der Waals surface area contributed by atoms with Crippen LogP contribution >= 0.6 is 0 Å². The first-order valence-electron chi connectivity index (χ1n) is 2.95. The predicted molar refractivity (Wildman–Crippen MR) is 32.8 cm³/mol. The van der Waals surface area contributed by atoms with Crippen molar-refractivity contribution < 1.29 is 9.84 Å². The fraction of sp³-hybridized carbons (Fsp3) is 1.00. The van der Waals surface area contributed by atoms with E-state index in [1.54, 1.807) is 7.11 Å². The monoisotopic (exact) mass is 118 g/mol. The van der Waals surface area contributed by atoms with Crippen molar-refractivity contribution in [2.24, 2.45) is 0 Å². The molecule has 0 aliphatic heterocycles. The lowest BCUT2D eigenvalue weighted by Crippen LogP contribution is -2.04. The van der Waals surface area contributed by atoms with Crippen LogP contribution < -0.4 is 0 Å². The van der Waals surface area contributed by atoms with Crippen molar-refractivity contribution in [3.05, 3.63) is 0 Å². The molecule has 0 bridgehead atoms. The van der Waals surface area contributed by atoms with E-state index in [1.165, 1.54) is 0 Å². The molecule has 0 rings (SSSR count). The van der Waals surface area contributed by atoms with E-state index in [-0.39, 0.29) is 6.61 Å². The van der Waals surface area contributed by atoms with Gasteiger partial charge in [0.25, 0.3) is 0 Å². The minimum Gasteiger partial charge on any atom is -0.396 e. The molecule has 0 spiro atoms. The Balaban J connectivity index is 2.86. The number of hydrogen-bond acceptors (Lipinski definition) is 2. The highest BCUT2D eigenvalue weighted by Crippen LogP contribution is 1.97. The largest absolute Gasteiger partial charge is 0.396 e. The van der Waals surface area contributed by atoms with Gasteiger partial charge in [-0.1, -0.05) is 0 Å². The maximum Gasteiger partial charge on any atom is 0.0544 e. The molecule has 0 heterocycles. The van der Waals surface area contributed by atoms with Crippen LogP contribution in [-0.4, -0.2) is 24.9 Å². The molecule has 0 aromatic heterocycles. The van der Waals surface area contributed by atoms with Gasteiger partial charge >= 0.3 is 0 Å². The van der Waals surface area contributed by atoms with Gasteiger partial charge in [0, 0.05) is 13.7 Å². The number of ether oxygens (including phenoxy) is 1. The van der Waals surface area contributed by atoms with Crippen LogP contribution in [0.1, 0.15) is 19.8 Å². The molecule has 0 fully saturated rings. The standard InChI is InChI=1S/C6H14O2/c1-6(8-2)4-3-5-7/h6-7H,3-5H2,1-2H3/t6-/m1/s1. The van der Waals surface area contributed by atoms with Crippen LogP contribution in [0.4, 0.5) is 0 Å². The van der Waals surface area contributed by atoms with Crippen molar-refractivity contribution in [1.29, 1.82) is 0 Å². The lowest BCUT2D eigenvalue weighted by Gasteiger charge is -2.05.